The van der Waals surface area contributed by atoms with Crippen LogP contribution in [0.25, 0.3) is 0 Å². The second-order valence-electron chi connectivity index (χ2n) is 10.9. The third kappa shape index (κ3) is 12.0. The Balaban J connectivity index is 3.58. The van der Waals surface area contributed by atoms with Crippen LogP contribution < -0.4 is 5.32 Å². The van der Waals surface area contributed by atoms with Crippen LogP contribution in [0.15, 0.2) is 112 Å². The van der Waals surface area contributed by atoms with Crippen LogP contribution in [-0.4, -0.2) is 25.8 Å². The third-order valence-electron chi connectivity index (χ3n) is 6.84. The second-order valence-corrected chi connectivity index (χ2v) is 11.4. The standard InChI is InChI=1S/C35H51ClN2/c1-12-14-33(36)22-30(13-2)27(8)20-32(21-28(9)31-15-16-31)35(29(10)37-11)34(25(5)6)19-26(7)17-18-38-23-24(3)4/h12-14,20,22,24,27,31,38H,1-2,5,7,9,15-19,21,23H2,3-4,6,8,10-11H3/b30-22+,32-20-,33-14+,35-34+,37-29-. The zero-order valence-corrected chi connectivity index (χ0v) is 25.7. The first-order chi connectivity index (χ1) is 17.9. The Bertz CT molecular complexity index is 1040. The summed E-state index contributed by atoms with van der Waals surface area (Å²) in [6.45, 7) is 33.9. The van der Waals surface area contributed by atoms with Gasteiger partial charge in [0.25, 0.3) is 0 Å². The van der Waals surface area contributed by atoms with Gasteiger partial charge >= 0.3 is 0 Å². The average Bonchev–Trinajstić information content (AvgIpc) is 3.70. The molecule has 2 nitrogen and oxygen atoms in total. The van der Waals surface area contributed by atoms with E-state index in [1.165, 1.54) is 40.7 Å². The highest BCUT2D eigenvalue weighted by atomic mass is 35.5. The lowest BCUT2D eigenvalue weighted by Gasteiger charge is -2.22. The summed E-state index contributed by atoms with van der Waals surface area (Å²) in [7, 11) is 1.86. The fraction of sp³-hybridized carbons (Fsp3) is 0.457. The molecule has 0 spiro atoms. The largest absolute Gasteiger partial charge is 0.316 e. The Morgan fingerprint density at radius 1 is 1.08 bits per heavy atom. The summed E-state index contributed by atoms with van der Waals surface area (Å²) in [5.74, 6) is 1.34. The Hall–Kier alpha value is -2.42. The molecule has 0 saturated heterocycles. The van der Waals surface area contributed by atoms with Gasteiger partial charge in [-0.25, -0.2) is 0 Å². The van der Waals surface area contributed by atoms with Gasteiger partial charge in [-0.05, 0) is 106 Å². The van der Waals surface area contributed by atoms with Crippen molar-refractivity contribution >= 4 is 17.3 Å². The lowest BCUT2D eigenvalue weighted by molar-refractivity contribution is 0.552. The van der Waals surface area contributed by atoms with Gasteiger partial charge in [-0.3, -0.25) is 4.99 Å². The minimum absolute atomic E-state index is 0.0935. The molecule has 1 N–H and O–H groups in total. The molecule has 0 amide bonds. The molecule has 208 valence electrons. The van der Waals surface area contributed by atoms with Crippen molar-refractivity contribution in [3.05, 3.63) is 107 Å². The number of hydrogen-bond acceptors (Lipinski definition) is 2. The summed E-state index contributed by atoms with van der Waals surface area (Å²) in [6.07, 6.45) is 14.6. The maximum Gasteiger partial charge on any atom is 0.0408 e. The molecule has 0 heterocycles. The predicted octanol–water partition coefficient (Wildman–Crippen LogP) is 9.87. The summed E-state index contributed by atoms with van der Waals surface area (Å²) in [5, 5.41) is 4.17. The SMILES string of the molecule is C=C/C=C(Cl)\C=C(/C=C)C(C)\C=C(CC(=C)C1CC1)/C(C(/C)=N\C)=C(\CC(=C)CCNCC(C)C)C(=C)C. The van der Waals surface area contributed by atoms with E-state index in [1.807, 2.05) is 19.2 Å². The summed E-state index contributed by atoms with van der Waals surface area (Å²) >= 11 is 6.40. The first-order valence-corrected chi connectivity index (χ1v) is 14.2. The van der Waals surface area contributed by atoms with Crippen molar-refractivity contribution < 1.29 is 0 Å². The number of halogens is 1. The van der Waals surface area contributed by atoms with E-state index in [4.69, 9.17) is 11.6 Å². The Morgan fingerprint density at radius 2 is 1.74 bits per heavy atom. The monoisotopic (exact) mass is 534 g/mol. The van der Waals surface area contributed by atoms with Gasteiger partial charge in [-0.1, -0.05) is 100 Å². The molecule has 3 heteroatoms. The highest BCUT2D eigenvalue weighted by Gasteiger charge is 2.27. The highest BCUT2D eigenvalue weighted by Crippen LogP contribution is 2.41. The van der Waals surface area contributed by atoms with E-state index in [0.717, 1.165) is 49.2 Å². The molecular weight excluding hydrogens is 484 g/mol. The molecule has 0 aromatic heterocycles. The smallest absolute Gasteiger partial charge is 0.0408 e. The van der Waals surface area contributed by atoms with Crippen LogP contribution in [0.1, 0.15) is 66.7 Å². The predicted molar refractivity (Wildman–Crippen MR) is 173 cm³/mol. The van der Waals surface area contributed by atoms with E-state index < -0.39 is 0 Å². The van der Waals surface area contributed by atoms with E-state index in [1.54, 1.807) is 12.2 Å². The summed E-state index contributed by atoms with van der Waals surface area (Å²) < 4.78 is 0. The van der Waals surface area contributed by atoms with Gasteiger partial charge in [-0.2, -0.15) is 0 Å². The number of allylic oxidation sites excluding steroid dienone is 12. The van der Waals surface area contributed by atoms with Gasteiger partial charge < -0.3 is 5.32 Å². The number of nitrogens with zero attached hydrogens (tertiary/aromatic N) is 1. The van der Waals surface area contributed by atoms with Crippen LogP contribution in [0.2, 0.25) is 0 Å². The maximum atomic E-state index is 6.40. The van der Waals surface area contributed by atoms with Gasteiger partial charge in [0.1, 0.15) is 0 Å². The van der Waals surface area contributed by atoms with E-state index in [9.17, 15) is 0 Å². The van der Waals surface area contributed by atoms with Crippen LogP contribution in [0.5, 0.6) is 0 Å². The molecule has 0 bridgehead atoms. The van der Waals surface area contributed by atoms with Crippen molar-refractivity contribution in [3.8, 4) is 0 Å². The molecule has 1 aliphatic rings. The van der Waals surface area contributed by atoms with Gasteiger partial charge in [-0.15, -0.1) is 0 Å². The van der Waals surface area contributed by atoms with E-state index >= 15 is 0 Å². The molecule has 0 radical (unpaired) electrons. The van der Waals surface area contributed by atoms with Crippen molar-refractivity contribution in [3.63, 3.8) is 0 Å². The molecule has 1 aliphatic carbocycles. The third-order valence-corrected chi connectivity index (χ3v) is 7.07. The maximum absolute atomic E-state index is 6.40. The molecule has 1 unspecified atom stereocenters. The van der Waals surface area contributed by atoms with Gasteiger partial charge in [0.2, 0.25) is 0 Å². The van der Waals surface area contributed by atoms with Gasteiger partial charge in [0, 0.05) is 23.4 Å². The van der Waals surface area contributed by atoms with Crippen LogP contribution in [0.4, 0.5) is 0 Å². The molecule has 1 fully saturated rings. The number of rotatable bonds is 18. The van der Waals surface area contributed by atoms with Gasteiger partial charge in [0.05, 0.1) is 0 Å². The van der Waals surface area contributed by atoms with Crippen LogP contribution in [0, 0.1) is 17.8 Å². The zero-order valence-electron chi connectivity index (χ0n) is 24.9. The zero-order chi connectivity index (χ0) is 28.8. The number of nitrogens with one attached hydrogen (secondary N) is 1. The summed E-state index contributed by atoms with van der Waals surface area (Å²) in [5.41, 5.74) is 9.19. The lowest BCUT2D eigenvalue weighted by Crippen LogP contribution is -2.21. The molecular formula is C35H51ClN2. The van der Waals surface area contributed by atoms with Crippen molar-refractivity contribution in [2.45, 2.75) is 66.7 Å². The van der Waals surface area contributed by atoms with Crippen molar-refractivity contribution in [2.24, 2.45) is 22.7 Å². The van der Waals surface area contributed by atoms with Crippen molar-refractivity contribution in [2.75, 3.05) is 20.1 Å². The summed E-state index contributed by atoms with van der Waals surface area (Å²) in [6, 6.07) is 0. The Labute approximate surface area is 239 Å². The van der Waals surface area contributed by atoms with E-state index in [0.29, 0.717) is 16.9 Å². The van der Waals surface area contributed by atoms with Crippen LogP contribution >= 0.6 is 11.6 Å². The minimum atomic E-state index is 0.0935. The van der Waals surface area contributed by atoms with Crippen molar-refractivity contribution in [1.82, 2.24) is 5.32 Å². The fourth-order valence-electron chi connectivity index (χ4n) is 4.41. The van der Waals surface area contributed by atoms with Crippen molar-refractivity contribution in [1.29, 1.82) is 0 Å². The minimum Gasteiger partial charge on any atom is -0.316 e. The molecule has 0 aliphatic heterocycles. The second kappa shape index (κ2) is 17.2. The van der Waals surface area contributed by atoms with E-state index in [2.05, 4.69) is 83.9 Å². The molecule has 1 saturated carbocycles. The van der Waals surface area contributed by atoms with Gasteiger partial charge in [0.15, 0.2) is 0 Å². The molecule has 1 rings (SSSR count). The van der Waals surface area contributed by atoms with E-state index in [-0.39, 0.29) is 5.92 Å². The Morgan fingerprint density at radius 3 is 2.24 bits per heavy atom. The topological polar surface area (TPSA) is 24.4 Å². The highest BCUT2D eigenvalue weighted by molar-refractivity contribution is 6.31. The number of hydrogen-bond donors (Lipinski definition) is 1. The van der Waals surface area contributed by atoms with Crippen LogP contribution in [0.3, 0.4) is 0 Å². The first-order valence-electron chi connectivity index (χ1n) is 13.9. The molecule has 0 aromatic rings. The number of aliphatic imine (C=N–C) groups is 1. The van der Waals surface area contributed by atoms with Crippen LogP contribution in [-0.2, 0) is 0 Å². The first kappa shape index (κ1) is 33.6. The summed E-state index contributed by atoms with van der Waals surface area (Å²) in [4.78, 5) is 4.66. The molecule has 0 aromatic carbocycles. The Kier molecular flexibility index (Phi) is 15.2. The molecule has 1 atom stereocenters. The normalized spacial score (nSPS) is 16.7. The fourth-order valence-corrected chi connectivity index (χ4v) is 4.62. The average molecular weight is 535 g/mol. The quantitative estimate of drug-likeness (QED) is 0.0804. The molecule has 38 heavy (non-hydrogen) atoms. The lowest BCUT2D eigenvalue weighted by atomic mass is 9.83.